The van der Waals surface area contributed by atoms with E-state index >= 15 is 0 Å². The van der Waals surface area contributed by atoms with Gasteiger partial charge in [-0.15, -0.1) is 11.3 Å². The quantitative estimate of drug-likeness (QED) is 0.914. The second kappa shape index (κ2) is 5.28. The van der Waals surface area contributed by atoms with Crippen LogP contribution in [0.5, 0.6) is 0 Å². The van der Waals surface area contributed by atoms with Crippen molar-refractivity contribution in [2.45, 2.75) is 37.4 Å². The van der Waals surface area contributed by atoms with Gasteiger partial charge < -0.3 is 10.6 Å². The molecular weight excluding hydrogens is 280 g/mol. The van der Waals surface area contributed by atoms with Gasteiger partial charge in [0.05, 0.1) is 4.88 Å². The standard InChI is InChI=1S/C17H18N2OS/c20-17(19-14-10-12-6-7-13(14)18-12)16-9-8-15(21-16)11-4-2-1-3-5-11/h1-5,8-9,12-14,18H,6-7,10H2,(H,19,20). The SMILES string of the molecule is O=C(NC1CC2CCC1N2)c1ccc(-c2ccccc2)s1. The molecule has 2 saturated heterocycles. The Bertz CT molecular complexity index is 652. The van der Waals surface area contributed by atoms with Crippen LogP contribution in [-0.4, -0.2) is 24.0 Å². The van der Waals surface area contributed by atoms with Crippen LogP contribution in [0, 0.1) is 0 Å². The number of hydrogen-bond acceptors (Lipinski definition) is 3. The molecule has 1 aromatic heterocycles. The van der Waals surface area contributed by atoms with E-state index in [0.29, 0.717) is 18.1 Å². The van der Waals surface area contributed by atoms with Crippen LogP contribution in [0.15, 0.2) is 42.5 Å². The molecule has 3 atom stereocenters. The van der Waals surface area contributed by atoms with Crippen molar-refractivity contribution in [3.8, 4) is 10.4 Å². The first-order chi connectivity index (χ1) is 10.3. The van der Waals surface area contributed by atoms with Crippen LogP contribution in [0.25, 0.3) is 10.4 Å². The zero-order chi connectivity index (χ0) is 14.2. The van der Waals surface area contributed by atoms with E-state index in [4.69, 9.17) is 0 Å². The summed E-state index contributed by atoms with van der Waals surface area (Å²) >= 11 is 1.57. The van der Waals surface area contributed by atoms with Crippen LogP contribution in [0.1, 0.15) is 28.9 Å². The molecule has 4 rings (SSSR count). The molecule has 0 radical (unpaired) electrons. The summed E-state index contributed by atoms with van der Waals surface area (Å²) in [6.07, 6.45) is 3.52. The van der Waals surface area contributed by atoms with E-state index in [0.717, 1.165) is 16.2 Å². The van der Waals surface area contributed by atoms with E-state index in [2.05, 4.69) is 22.8 Å². The van der Waals surface area contributed by atoms with E-state index in [1.54, 1.807) is 11.3 Å². The first kappa shape index (κ1) is 13.0. The fourth-order valence-electron chi connectivity index (χ4n) is 3.44. The highest BCUT2D eigenvalue weighted by Crippen LogP contribution is 2.30. The topological polar surface area (TPSA) is 41.1 Å². The van der Waals surface area contributed by atoms with Crippen LogP contribution in [0.2, 0.25) is 0 Å². The minimum Gasteiger partial charge on any atom is -0.347 e. The molecule has 2 fully saturated rings. The van der Waals surface area contributed by atoms with E-state index < -0.39 is 0 Å². The Kier molecular flexibility index (Phi) is 3.28. The Morgan fingerprint density at radius 1 is 1.14 bits per heavy atom. The maximum atomic E-state index is 12.4. The molecule has 0 spiro atoms. The Balaban J connectivity index is 1.47. The Morgan fingerprint density at radius 2 is 2.00 bits per heavy atom. The number of rotatable bonds is 3. The van der Waals surface area contributed by atoms with Crippen molar-refractivity contribution < 1.29 is 4.79 Å². The summed E-state index contributed by atoms with van der Waals surface area (Å²) < 4.78 is 0. The molecule has 4 heteroatoms. The zero-order valence-electron chi connectivity index (χ0n) is 11.7. The number of carbonyl (C=O) groups excluding carboxylic acids is 1. The molecule has 2 aliphatic rings. The number of amides is 1. The third-order valence-electron chi connectivity index (χ3n) is 4.50. The highest BCUT2D eigenvalue weighted by atomic mass is 32.1. The van der Waals surface area contributed by atoms with Crippen molar-refractivity contribution in [1.82, 2.24) is 10.6 Å². The predicted octanol–water partition coefficient (Wildman–Crippen LogP) is 3.04. The van der Waals surface area contributed by atoms with Gasteiger partial charge >= 0.3 is 0 Å². The van der Waals surface area contributed by atoms with Crippen LogP contribution in [0.3, 0.4) is 0 Å². The average Bonchev–Trinajstić information content (AvgIpc) is 3.24. The van der Waals surface area contributed by atoms with Crippen molar-refractivity contribution >= 4 is 17.2 Å². The van der Waals surface area contributed by atoms with E-state index in [-0.39, 0.29) is 5.91 Å². The van der Waals surface area contributed by atoms with Gasteiger partial charge in [-0.25, -0.2) is 0 Å². The number of carbonyl (C=O) groups is 1. The molecule has 2 aliphatic heterocycles. The molecule has 1 amide bonds. The normalized spacial score (nSPS) is 27.0. The second-order valence-corrected chi connectivity index (χ2v) is 6.98. The summed E-state index contributed by atoms with van der Waals surface area (Å²) in [5, 5.41) is 6.75. The number of fused-ring (bicyclic) bond motifs is 2. The minimum atomic E-state index is 0.0709. The van der Waals surface area contributed by atoms with Gasteiger partial charge in [0.2, 0.25) is 0 Å². The maximum absolute atomic E-state index is 12.4. The Hall–Kier alpha value is -1.65. The van der Waals surface area contributed by atoms with Crippen molar-refractivity contribution in [1.29, 1.82) is 0 Å². The average molecular weight is 298 g/mol. The van der Waals surface area contributed by atoms with E-state index in [1.807, 2.05) is 30.3 Å². The summed E-state index contributed by atoms with van der Waals surface area (Å²) in [6, 6.07) is 15.6. The third-order valence-corrected chi connectivity index (χ3v) is 5.64. The number of nitrogens with one attached hydrogen (secondary N) is 2. The number of benzene rings is 1. The molecule has 1 aromatic carbocycles. The molecule has 2 N–H and O–H groups in total. The van der Waals surface area contributed by atoms with Gasteiger partial charge in [-0.1, -0.05) is 30.3 Å². The first-order valence-electron chi connectivity index (χ1n) is 7.52. The van der Waals surface area contributed by atoms with Crippen molar-refractivity contribution in [3.05, 3.63) is 47.3 Å². The van der Waals surface area contributed by atoms with Gasteiger partial charge in [0.25, 0.3) is 5.91 Å². The Labute approximate surface area is 128 Å². The molecular formula is C17H18N2OS. The van der Waals surface area contributed by atoms with Crippen LogP contribution < -0.4 is 10.6 Å². The summed E-state index contributed by atoms with van der Waals surface area (Å²) in [5.74, 6) is 0.0709. The number of thiophene rings is 1. The zero-order valence-corrected chi connectivity index (χ0v) is 12.5. The van der Waals surface area contributed by atoms with Gasteiger partial charge in [-0.3, -0.25) is 4.79 Å². The van der Waals surface area contributed by atoms with Crippen molar-refractivity contribution in [2.75, 3.05) is 0 Å². The van der Waals surface area contributed by atoms with Crippen LogP contribution >= 0.6 is 11.3 Å². The monoisotopic (exact) mass is 298 g/mol. The van der Waals surface area contributed by atoms with Gasteiger partial charge in [0.15, 0.2) is 0 Å². The highest BCUT2D eigenvalue weighted by molar-refractivity contribution is 7.17. The van der Waals surface area contributed by atoms with Crippen LogP contribution in [-0.2, 0) is 0 Å². The van der Waals surface area contributed by atoms with Gasteiger partial charge in [-0.05, 0) is 37.0 Å². The molecule has 0 aliphatic carbocycles. The number of hydrogen-bond donors (Lipinski definition) is 2. The first-order valence-corrected chi connectivity index (χ1v) is 8.33. The Morgan fingerprint density at radius 3 is 2.71 bits per heavy atom. The van der Waals surface area contributed by atoms with E-state index in [1.165, 1.54) is 18.4 Å². The third kappa shape index (κ3) is 2.49. The molecule has 2 aromatic rings. The van der Waals surface area contributed by atoms with E-state index in [9.17, 15) is 4.79 Å². The predicted molar refractivity (Wildman–Crippen MR) is 85.6 cm³/mol. The van der Waals surface area contributed by atoms with Gasteiger partial charge in [0.1, 0.15) is 0 Å². The lowest BCUT2D eigenvalue weighted by atomic mass is 9.95. The van der Waals surface area contributed by atoms with Gasteiger partial charge in [0, 0.05) is 23.0 Å². The van der Waals surface area contributed by atoms with Gasteiger partial charge in [-0.2, -0.15) is 0 Å². The molecule has 0 saturated carbocycles. The lowest BCUT2D eigenvalue weighted by Crippen LogP contribution is -2.42. The fourth-order valence-corrected chi connectivity index (χ4v) is 4.36. The molecule has 21 heavy (non-hydrogen) atoms. The molecule has 3 unspecified atom stereocenters. The molecule has 3 nitrogen and oxygen atoms in total. The summed E-state index contributed by atoms with van der Waals surface area (Å²) in [7, 11) is 0. The minimum absolute atomic E-state index is 0.0709. The van der Waals surface area contributed by atoms with Crippen molar-refractivity contribution in [3.63, 3.8) is 0 Å². The molecule has 2 bridgehead atoms. The largest absolute Gasteiger partial charge is 0.347 e. The van der Waals surface area contributed by atoms with Crippen LogP contribution in [0.4, 0.5) is 0 Å². The summed E-state index contributed by atoms with van der Waals surface area (Å²) in [6.45, 7) is 0. The molecule has 108 valence electrons. The maximum Gasteiger partial charge on any atom is 0.261 e. The smallest absolute Gasteiger partial charge is 0.261 e. The summed E-state index contributed by atoms with van der Waals surface area (Å²) in [5.41, 5.74) is 1.17. The summed E-state index contributed by atoms with van der Waals surface area (Å²) in [4.78, 5) is 14.3. The second-order valence-electron chi connectivity index (χ2n) is 5.89. The highest BCUT2D eigenvalue weighted by Gasteiger charge is 2.39. The lowest BCUT2D eigenvalue weighted by molar-refractivity contribution is 0.0935. The lowest BCUT2D eigenvalue weighted by Gasteiger charge is -2.20. The van der Waals surface area contributed by atoms with Crippen molar-refractivity contribution in [2.24, 2.45) is 0 Å². The fraction of sp³-hybridized carbons (Fsp3) is 0.353. The molecule has 3 heterocycles.